The molecule has 1 N–H and O–H groups in total. The van der Waals surface area contributed by atoms with E-state index in [9.17, 15) is 14.4 Å². The number of amides is 3. The summed E-state index contributed by atoms with van der Waals surface area (Å²) in [5.74, 6) is 0.119. The number of carbonyl (C=O) groups excluding carboxylic acids is 3. The molecule has 0 unspecified atom stereocenters. The van der Waals surface area contributed by atoms with Gasteiger partial charge in [-0.25, -0.2) is 4.90 Å². The van der Waals surface area contributed by atoms with E-state index >= 15 is 0 Å². The second-order valence-corrected chi connectivity index (χ2v) is 7.79. The molecule has 1 fully saturated rings. The number of aryl methyl sites for hydroxylation is 1. The van der Waals surface area contributed by atoms with Crippen LogP contribution >= 0.6 is 11.8 Å². The molecule has 152 valence electrons. The van der Waals surface area contributed by atoms with Gasteiger partial charge in [-0.2, -0.15) is 0 Å². The van der Waals surface area contributed by atoms with E-state index in [-0.39, 0.29) is 29.9 Å². The lowest BCUT2D eigenvalue weighted by atomic mass is 10.1. The topological polar surface area (TPSA) is 75.7 Å². The average molecular weight is 413 g/mol. The Balaban J connectivity index is 1.54. The maximum Gasteiger partial charge on any atom is 0.247 e. The Bertz CT molecular complexity index is 881. The highest BCUT2D eigenvalue weighted by Gasteiger charge is 2.40. The monoisotopic (exact) mass is 412 g/mol. The maximum absolute atomic E-state index is 12.7. The van der Waals surface area contributed by atoms with Crippen LogP contribution in [0.15, 0.2) is 48.5 Å². The summed E-state index contributed by atoms with van der Waals surface area (Å²) >= 11 is 1.19. The molecule has 0 aliphatic carbocycles. The molecule has 0 bridgehead atoms. The molecule has 3 amide bonds. The zero-order valence-corrected chi connectivity index (χ0v) is 17.3. The van der Waals surface area contributed by atoms with Crippen molar-refractivity contribution in [2.24, 2.45) is 0 Å². The van der Waals surface area contributed by atoms with E-state index in [2.05, 4.69) is 5.32 Å². The van der Waals surface area contributed by atoms with Crippen molar-refractivity contribution in [3.05, 3.63) is 54.1 Å². The normalized spacial score (nSPS) is 16.2. The molecule has 1 heterocycles. The Kier molecular flexibility index (Phi) is 6.93. The molecule has 1 atom stereocenters. The van der Waals surface area contributed by atoms with Crippen LogP contribution in [-0.2, 0) is 20.8 Å². The highest BCUT2D eigenvalue weighted by atomic mass is 32.2. The molecule has 0 radical (unpaired) electrons. The fraction of sp³-hybridized carbons (Fsp3) is 0.318. The summed E-state index contributed by atoms with van der Waals surface area (Å²) in [6.45, 7) is 4.53. The van der Waals surface area contributed by atoms with Crippen molar-refractivity contribution in [1.29, 1.82) is 0 Å². The molecule has 29 heavy (non-hydrogen) atoms. The van der Waals surface area contributed by atoms with Gasteiger partial charge in [0.15, 0.2) is 0 Å². The molecule has 1 saturated heterocycles. The minimum atomic E-state index is -0.542. The van der Waals surface area contributed by atoms with Gasteiger partial charge >= 0.3 is 0 Å². The first-order chi connectivity index (χ1) is 14.0. The summed E-state index contributed by atoms with van der Waals surface area (Å²) in [7, 11) is 0. The molecule has 3 rings (SSSR count). The number of hydrogen-bond donors (Lipinski definition) is 1. The molecule has 6 nitrogen and oxygen atoms in total. The zero-order chi connectivity index (χ0) is 20.8. The third-order valence-electron chi connectivity index (χ3n) is 4.57. The van der Waals surface area contributed by atoms with Crippen molar-refractivity contribution >= 4 is 40.9 Å². The number of imide groups is 1. The Hall–Kier alpha value is -2.80. The Morgan fingerprint density at radius 2 is 1.79 bits per heavy atom. The molecule has 1 aliphatic heterocycles. The van der Waals surface area contributed by atoms with Crippen LogP contribution in [0, 0.1) is 0 Å². The minimum Gasteiger partial charge on any atom is -0.494 e. The van der Waals surface area contributed by atoms with Crippen molar-refractivity contribution in [2.45, 2.75) is 31.9 Å². The van der Waals surface area contributed by atoms with E-state index in [4.69, 9.17) is 4.74 Å². The summed E-state index contributed by atoms with van der Waals surface area (Å²) < 4.78 is 5.37. The molecule has 2 aromatic rings. The fourth-order valence-electron chi connectivity index (χ4n) is 3.06. The lowest BCUT2D eigenvalue weighted by molar-refractivity contribution is -0.121. The van der Waals surface area contributed by atoms with Crippen LogP contribution in [0.4, 0.5) is 11.4 Å². The van der Waals surface area contributed by atoms with Crippen molar-refractivity contribution in [3.8, 4) is 5.75 Å². The summed E-state index contributed by atoms with van der Waals surface area (Å²) in [6, 6.07) is 14.5. The maximum atomic E-state index is 12.7. The highest BCUT2D eigenvalue weighted by Crippen LogP contribution is 2.30. The van der Waals surface area contributed by atoms with Crippen molar-refractivity contribution < 1.29 is 19.1 Å². The number of hydrogen-bond acceptors (Lipinski definition) is 5. The lowest BCUT2D eigenvalue weighted by Gasteiger charge is -2.15. The Labute approximate surface area is 174 Å². The fourth-order valence-corrected chi connectivity index (χ4v) is 3.99. The van der Waals surface area contributed by atoms with Gasteiger partial charge < -0.3 is 10.1 Å². The number of ether oxygens (including phenoxy) is 1. The molecule has 0 saturated carbocycles. The van der Waals surface area contributed by atoms with Crippen LogP contribution in [0.1, 0.15) is 25.8 Å². The lowest BCUT2D eigenvalue weighted by Crippen LogP contribution is -2.31. The molecule has 0 spiro atoms. The van der Waals surface area contributed by atoms with E-state index in [1.165, 1.54) is 16.7 Å². The predicted molar refractivity (Wildman–Crippen MR) is 115 cm³/mol. The number of rotatable bonds is 8. The van der Waals surface area contributed by atoms with Gasteiger partial charge in [0.05, 0.1) is 23.3 Å². The van der Waals surface area contributed by atoms with Gasteiger partial charge in [0.2, 0.25) is 17.7 Å². The molecule has 2 aromatic carbocycles. The summed E-state index contributed by atoms with van der Waals surface area (Å²) in [6.07, 6.45) is 0.999. The smallest absolute Gasteiger partial charge is 0.247 e. The van der Waals surface area contributed by atoms with Gasteiger partial charge in [0.1, 0.15) is 5.75 Å². The van der Waals surface area contributed by atoms with Crippen LogP contribution in [-0.4, -0.2) is 35.3 Å². The first-order valence-corrected chi connectivity index (χ1v) is 10.7. The van der Waals surface area contributed by atoms with Gasteiger partial charge in [0, 0.05) is 12.1 Å². The van der Waals surface area contributed by atoms with Gasteiger partial charge in [-0.05, 0) is 55.3 Å². The quantitative estimate of drug-likeness (QED) is 0.670. The standard InChI is InChI=1S/C22H24N2O4S/c1-3-15-5-9-17(10-6-15)24-21(26)13-19(22(24)27)29-14-20(25)23-16-7-11-18(12-8-16)28-4-2/h5-12,19H,3-4,13-14H2,1-2H3,(H,23,25)/t19-/m1/s1. The van der Waals surface area contributed by atoms with Crippen LogP contribution in [0.3, 0.4) is 0 Å². The van der Waals surface area contributed by atoms with Crippen LogP contribution in [0.2, 0.25) is 0 Å². The Morgan fingerprint density at radius 3 is 2.41 bits per heavy atom. The van der Waals surface area contributed by atoms with E-state index in [0.717, 1.165) is 17.7 Å². The van der Waals surface area contributed by atoms with Crippen LogP contribution in [0.5, 0.6) is 5.75 Å². The summed E-state index contributed by atoms with van der Waals surface area (Å²) in [4.78, 5) is 38.5. The summed E-state index contributed by atoms with van der Waals surface area (Å²) in [5.41, 5.74) is 2.38. The van der Waals surface area contributed by atoms with Crippen LogP contribution in [0.25, 0.3) is 0 Å². The number of nitrogens with one attached hydrogen (secondary N) is 1. The third kappa shape index (κ3) is 5.17. The first kappa shape index (κ1) is 20.9. The molecule has 1 aliphatic rings. The van der Waals surface area contributed by atoms with Crippen molar-refractivity contribution in [1.82, 2.24) is 0 Å². The number of carbonyl (C=O) groups is 3. The van der Waals surface area contributed by atoms with E-state index in [1.54, 1.807) is 36.4 Å². The number of nitrogens with zero attached hydrogens (tertiary/aromatic N) is 1. The highest BCUT2D eigenvalue weighted by molar-refractivity contribution is 8.01. The number of benzene rings is 2. The van der Waals surface area contributed by atoms with Gasteiger partial charge in [-0.3, -0.25) is 14.4 Å². The minimum absolute atomic E-state index is 0.0967. The second-order valence-electron chi connectivity index (χ2n) is 6.60. The molecule has 0 aromatic heterocycles. The zero-order valence-electron chi connectivity index (χ0n) is 16.5. The van der Waals surface area contributed by atoms with Gasteiger partial charge in [-0.1, -0.05) is 19.1 Å². The molecular weight excluding hydrogens is 388 g/mol. The van der Waals surface area contributed by atoms with E-state index < -0.39 is 5.25 Å². The van der Waals surface area contributed by atoms with Crippen molar-refractivity contribution in [3.63, 3.8) is 0 Å². The van der Waals surface area contributed by atoms with Crippen molar-refractivity contribution in [2.75, 3.05) is 22.6 Å². The first-order valence-electron chi connectivity index (χ1n) is 9.61. The SMILES string of the molecule is CCOc1ccc(NC(=O)CS[C@@H]2CC(=O)N(c3ccc(CC)cc3)C2=O)cc1. The van der Waals surface area contributed by atoms with Crippen LogP contribution < -0.4 is 15.0 Å². The van der Waals surface area contributed by atoms with E-state index in [0.29, 0.717) is 18.0 Å². The average Bonchev–Trinajstić information content (AvgIpc) is 3.01. The van der Waals surface area contributed by atoms with Gasteiger partial charge in [0.25, 0.3) is 0 Å². The van der Waals surface area contributed by atoms with Gasteiger partial charge in [-0.15, -0.1) is 11.8 Å². The second kappa shape index (κ2) is 9.60. The number of anilines is 2. The Morgan fingerprint density at radius 1 is 1.10 bits per heavy atom. The summed E-state index contributed by atoms with van der Waals surface area (Å²) in [5, 5.41) is 2.25. The number of thioether (sulfide) groups is 1. The predicted octanol–water partition coefficient (Wildman–Crippen LogP) is 3.65. The largest absolute Gasteiger partial charge is 0.494 e. The molecular formula is C22H24N2O4S. The third-order valence-corrected chi connectivity index (χ3v) is 5.77. The van der Waals surface area contributed by atoms with E-state index in [1.807, 2.05) is 26.0 Å². The molecule has 7 heteroatoms.